The van der Waals surface area contributed by atoms with E-state index in [2.05, 4.69) is 22.1 Å². The molecule has 1 N–H and O–H groups in total. The molecule has 2 aromatic rings. The summed E-state index contributed by atoms with van der Waals surface area (Å²) in [5.41, 5.74) is 0.809. The molecule has 2 aromatic heterocycles. The Labute approximate surface area is 117 Å². The van der Waals surface area contributed by atoms with Crippen molar-refractivity contribution >= 4 is 12.2 Å². The van der Waals surface area contributed by atoms with E-state index < -0.39 is 0 Å². The number of nitrogens with one attached hydrogen (secondary N) is 1. The van der Waals surface area contributed by atoms with Gasteiger partial charge >= 0.3 is 0 Å². The van der Waals surface area contributed by atoms with E-state index in [-0.39, 0.29) is 0 Å². The molecule has 0 atom stereocenters. The number of pyridine rings is 1. The second-order valence-electron chi connectivity index (χ2n) is 4.18. The highest BCUT2D eigenvalue weighted by Gasteiger charge is 2.09. The van der Waals surface area contributed by atoms with Crippen LogP contribution in [0.15, 0.2) is 24.4 Å². The van der Waals surface area contributed by atoms with E-state index in [1.54, 1.807) is 6.20 Å². The number of nitrogens with zero attached hydrogens (tertiary/aromatic N) is 3. The lowest BCUT2D eigenvalue weighted by Gasteiger charge is -2.07. The van der Waals surface area contributed by atoms with Crippen molar-refractivity contribution in [2.45, 2.75) is 26.3 Å². The Morgan fingerprint density at radius 2 is 2.26 bits per heavy atom. The molecule has 5 nitrogen and oxygen atoms in total. The molecule has 0 unspecified atom stereocenters. The largest absolute Gasteiger partial charge is 0.380 e. The Bertz CT molecular complexity index is 549. The van der Waals surface area contributed by atoms with Gasteiger partial charge in [0.1, 0.15) is 5.69 Å². The third-order valence-corrected chi connectivity index (χ3v) is 3.07. The molecular weight excluding hydrogens is 260 g/mol. The molecule has 0 bridgehead atoms. The lowest BCUT2D eigenvalue weighted by Crippen LogP contribution is -2.08. The SMILES string of the molecule is CCCCOCCn1c(-c2ccccn2)n[nH]c1=S. The van der Waals surface area contributed by atoms with Gasteiger partial charge in [0.2, 0.25) is 0 Å². The van der Waals surface area contributed by atoms with Gasteiger partial charge in [0.25, 0.3) is 0 Å². The lowest BCUT2D eigenvalue weighted by molar-refractivity contribution is 0.123. The summed E-state index contributed by atoms with van der Waals surface area (Å²) in [5, 5.41) is 7.04. The number of H-pyrrole nitrogens is 1. The van der Waals surface area contributed by atoms with Crippen LogP contribution in [-0.4, -0.2) is 33.0 Å². The number of ether oxygens (including phenoxy) is 1. The van der Waals surface area contributed by atoms with Crippen LogP contribution in [0.3, 0.4) is 0 Å². The Morgan fingerprint density at radius 1 is 1.37 bits per heavy atom. The van der Waals surface area contributed by atoms with Crippen LogP contribution in [0.1, 0.15) is 19.8 Å². The van der Waals surface area contributed by atoms with E-state index in [1.807, 2.05) is 22.8 Å². The molecule has 2 rings (SSSR count). The first kappa shape index (κ1) is 13.9. The topological polar surface area (TPSA) is 55.7 Å². The molecule has 0 saturated heterocycles. The van der Waals surface area contributed by atoms with Gasteiger partial charge in [0.05, 0.1) is 13.2 Å². The number of aromatic nitrogens is 4. The predicted molar refractivity (Wildman–Crippen MR) is 76.4 cm³/mol. The highest BCUT2D eigenvalue weighted by Crippen LogP contribution is 2.13. The minimum Gasteiger partial charge on any atom is -0.380 e. The smallest absolute Gasteiger partial charge is 0.195 e. The highest BCUT2D eigenvalue weighted by atomic mass is 32.1. The van der Waals surface area contributed by atoms with Crippen molar-refractivity contribution in [2.24, 2.45) is 0 Å². The van der Waals surface area contributed by atoms with Gasteiger partial charge in [0.15, 0.2) is 10.6 Å². The summed E-state index contributed by atoms with van der Waals surface area (Å²) in [5.74, 6) is 0.754. The zero-order valence-corrected chi connectivity index (χ0v) is 11.8. The molecule has 19 heavy (non-hydrogen) atoms. The van der Waals surface area contributed by atoms with Gasteiger partial charge < -0.3 is 4.74 Å². The molecule has 2 heterocycles. The number of hydrogen-bond acceptors (Lipinski definition) is 4. The Balaban J connectivity index is 2.04. The average molecular weight is 278 g/mol. The van der Waals surface area contributed by atoms with Crippen LogP contribution < -0.4 is 0 Å². The lowest BCUT2D eigenvalue weighted by atomic mass is 10.3. The van der Waals surface area contributed by atoms with E-state index in [9.17, 15) is 0 Å². The first-order valence-corrected chi connectivity index (χ1v) is 6.88. The fourth-order valence-corrected chi connectivity index (χ4v) is 1.94. The first-order valence-electron chi connectivity index (χ1n) is 6.47. The quantitative estimate of drug-likeness (QED) is 0.625. The number of hydrogen-bond donors (Lipinski definition) is 1. The molecule has 0 fully saturated rings. The number of aromatic amines is 1. The van der Waals surface area contributed by atoms with E-state index in [1.165, 1.54) is 0 Å². The van der Waals surface area contributed by atoms with E-state index >= 15 is 0 Å². The Morgan fingerprint density at radius 3 is 3.00 bits per heavy atom. The summed E-state index contributed by atoms with van der Waals surface area (Å²) < 4.78 is 8.08. The van der Waals surface area contributed by atoms with Gasteiger partial charge in [-0.05, 0) is 30.8 Å². The third kappa shape index (κ3) is 3.71. The maximum absolute atomic E-state index is 5.56. The Hall–Kier alpha value is -1.53. The van der Waals surface area contributed by atoms with Gasteiger partial charge in [-0.15, -0.1) is 0 Å². The van der Waals surface area contributed by atoms with Crippen molar-refractivity contribution in [1.29, 1.82) is 0 Å². The van der Waals surface area contributed by atoms with Gasteiger partial charge in [-0.3, -0.25) is 14.6 Å². The number of unbranched alkanes of at least 4 members (excludes halogenated alkanes) is 1. The monoisotopic (exact) mass is 278 g/mol. The second-order valence-corrected chi connectivity index (χ2v) is 4.57. The van der Waals surface area contributed by atoms with Crippen LogP contribution in [0, 0.1) is 4.77 Å². The van der Waals surface area contributed by atoms with Gasteiger partial charge in [-0.2, -0.15) is 5.10 Å². The molecule has 0 aliphatic heterocycles. The molecule has 0 aliphatic carbocycles. The van der Waals surface area contributed by atoms with Crippen LogP contribution in [0.4, 0.5) is 0 Å². The summed E-state index contributed by atoms with van der Waals surface area (Å²) in [6.45, 7) is 4.26. The van der Waals surface area contributed by atoms with E-state index in [4.69, 9.17) is 17.0 Å². The molecular formula is C13H18N4OS. The van der Waals surface area contributed by atoms with Gasteiger partial charge in [-0.1, -0.05) is 19.4 Å². The third-order valence-electron chi connectivity index (χ3n) is 2.75. The van der Waals surface area contributed by atoms with Crippen molar-refractivity contribution in [3.05, 3.63) is 29.2 Å². The van der Waals surface area contributed by atoms with Crippen LogP contribution in [-0.2, 0) is 11.3 Å². The average Bonchev–Trinajstić information content (AvgIpc) is 2.81. The zero-order chi connectivity index (χ0) is 13.5. The van der Waals surface area contributed by atoms with Crippen LogP contribution in [0.5, 0.6) is 0 Å². The van der Waals surface area contributed by atoms with Crippen LogP contribution >= 0.6 is 12.2 Å². The standard InChI is InChI=1S/C13H18N4OS/c1-2-3-9-18-10-8-17-12(15-16-13(17)19)11-6-4-5-7-14-11/h4-7H,2-3,8-10H2,1H3,(H,16,19). The minimum absolute atomic E-state index is 0.597. The highest BCUT2D eigenvalue weighted by molar-refractivity contribution is 7.71. The van der Waals surface area contributed by atoms with Crippen molar-refractivity contribution in [2.75, 3.05) is 13.2 Å². The van der Waals surface area contributed by atoms with E-state index in [0.29, 0.717) is 17.9 Å². The molecule has 0 amide bonds. The van der Waals surface area contributed by atoms with E-state index in [0.717, 1.165) is 31.0 Å². The fourth-order valence-electron chi connectivity index (χ4n) is 1.72. The molecule has 0 radical (unpaired) electrons. The predicted octanol–water partition coefficient (Wildman–Crippen LogP) is 2.82. The fraction of sp³-hybridized carbons (Fsp3) is 0.462. The van der Waals surface area contributed by atoms with Crippen molar-refractivity contribution in [1.82, 2.24) is 19.7 Å². The zero-order valence-electron chi connectivity index (χ0n) is 11.0. The van der Waals surface area contributed by atoms with Gasteiger partial charge in [-0.25, -0.2) is 0 Å². The van der Waals surface area contributed by atoms with Crippen molar-refractivity contribution < 1.29 is 4.74 Å². The van der Waals surface area contributed by atoms with Crippen LogP contribution in [0.2, 0.25) is 0 Å². The molecule has 0 aromatic carbocycles. The Kier molecular flexibility index (Phi) is 5.23. The normalized spacial score (nSPS) is 10.8. The molecule has 102 valence electrons. The van der Waals surface area contributed by atoms with Gasteiger partial charge in [0, 0.05) is 12.8 Å². The molecule has 6 heteroatoms. The molecule has 0 saturated carbocycles. The summed E-state index contributed by atoms with van der Waals surface area (Å²) in [7, 11) is 0. The summed E-state index contributed by atoms with van der Waals surface area (Å²) in [6.07, 6.45) is 3.98. The van der Waals surface area contributed by atoms with Crippen molar-refractivity contribution in [3.8, 4) is 11.5 Å². The molecule has 0 spiro atoms. The second kappa shape index (κ2) is 7.16. The van der Waals surface area contributed by atoms with Crippen LogP contribution in [0.25, 0.3) is 11.5 Å². The maximum atomic E-state index is 5.56. The maximum Gasteiger partial charge on any atom is 0.195 e. The minimum atomic E-state index is 0.597. The van der Waals surface area contributed by atoms with Crippen molar-refractivity contribution in [3.63, 3.8) is 0 Å². The molecule has 0 aliphatic rings. The number of rotatable bonds is 7. The summed E-state index contributed by atoms with van der Waals surface area (Å²) in [6, 6.07) is 5.73. The first-order chi connectivity index (χ1) is 9.33. The summed E-state index contributed by atoms with van der Waals surface area (Å²) in [4.78, 5) is 4.29. The summed E-state index contributed by atoms with van der Waals surface area (Å²) >= 11 is 5.24.